The first-order chi connectivity index (χ1) is 5.90. The topological polar surface area (TPSA) is 28.7 Å². The van der Waals surface area contributed by atoms with Crippen molar-refractivity contribution in [1.82, 2.24) is 9.97 Å². The lowest BCUT2D eigenvalue weighted by Gasteiger charge is -1.86. The van der Waals surface area contributed by atoms with Crippen molar-refractivity contribution in [1.29, 1.82) is 0 Å². The number of para-hydroxylation sites is 2. The van der Waals surface area contributed by atoms with Crippen molar-refractivity contribution in [2.45, 2.75) is 6.42 Å². The van der Waals surface area contributed by atoms with Gasteiger partial charge in [-0.15, -0.1) is 17.0 Å². The van der Waals surface area contributed by atoms with E-state index >= 15 is 0 Å². The molecule has 2 aromatic rings. The molecule has 4 heteroatoms. The van der Waals surface area contributed by atoms with Crippen LogP contribution in [0.25, 0.3) is 11.0 Å². The van der Waals surface area contributed by atoms with Crippen LogP contribution >= 0.6 is 29.6 Å². The van der Waals surface area contributed by atoms with Gasteiger partial charge in [0.15, 0.2) is 0 Å². The molecule has 2 rings (SSSR count). The van der Waals surface area contributed by atoms with Crippen LogP contribution in [0, 0.1) is 0 Å². The largest absolute Gasteiger partial charge is 0.342 e. The van der Waals surface area contributed by atoms with Crippen LogP contribution in [-0.2, 0) is 6.42 Å². The Balaban J connectivity index is 0.000000845. The highest BCUT2D eigenvalue weighted by atomic mass is 79.9. The average Bonchev–Trinajstić information content (AvgIpc) is 2.47. The molecular weight excluding hydrogens is 248 g/mol. The molecule has 70 valence electrons. The molecule has 1 aromatic carbocycles. The van der Waals surface area contributed by atoms with E-state index in [9.17, 15) is 0 Å². The van der Waals surface area contributed by atoms with Gasteiger partial charge in [-0.1, -0.05) is 12.1 Å². The summed E-state index contributed by atoms with van der Waals surface area (Å²) >= 11 is 4.15. The van der Waals surface area contributed by atoms with Crippen LogP contribution < -0.4 is 0 Å². The molecule has 0 aliphatic heterocycles. The van der Waals surface area contributed by atoms with Crippen molar-refractivity contribution in [3.8, 4) is 0 Å². The van der Waals surface area contributed by atoms with E-state index < -0.39 is 0 Å². The third-order valence-electron chi connectivity index (χ3n) is 1.79. The van der Waals surface area contributed by atoms with Gasteiger partial charge in [-0.25, -0.2) is 4.98 Å². The predicted molar refractivity (Wildman–Crippen MR) is 64.0 cm³/mol. The number of rotatable bonds is 2. The van der Waals surface area contributed by atoms with Crippen LogP contribution in [-0.4, -0.2) is 15.7 Å². The second kappa shape index (κ2) is 4.67. The second-order valence-corrected chi connectivity index (χ2v) is 3.12. The van der Waals surface area contributed by atoms with Crippen LogP contribution in [0.15, 0.2) is 24.3 Å². The van der Waals surface area contributed by atoms with E-state index in [0.717, 1.165) is 29.0 Å². The number of imidazole rings is 1. The first-order valence-corrected chi connectivity index (χ1v) is 4.58. The van der Waals surface area contributed by atoms with Crippen LogP contribution in [0.5, 0.6) is 0 Å². The molecule has 0 aliphatic rings. The molecule has 0 unspecified atom stereocenters. The molecule has 1 aromatic heterocycles. The van der Waals surface area contributed by atoms with Crippen molar-refractivity contribution >= 4 is 40.6 Å². The van der Waals surface area contributed by atoms with Gasteiger partial charge in [0, 0.05) is 6.42 Å². The molecule has 0 spiro atoms. The third-order valence-corrected chi connectivity index (χ3v) is 2.01. The fourth-order valence-corrected chi connectivity index (χ4v) is 1.44. The number of nitrogens with zero attached hydrogens (tertiary/aromatic N) is 1. The molecular formula is C9H11BrN2S. The maximum atomic E-state index is 4.40. The van der Waals surface area contributed by atoms with Gasteiger partial charge >= 0.3 is 0 Å². The van der Waals surface area contributed by atoms with Crippen LogP contribution in [0.1, 0.15) is 5.82 Å². The Morgan fingerprint density at radius 1 is 1.31 bits per heavy atom. The summed E-state index contributed by atoms with van der Waals surface area (Å²) in [6.45, 7) is 0. The Hall–Kier alpha value is -0.480. The lowest BCUT2D eigenvalue weighted by Crippen LogP contribution is -1.87. The fraction of sp³-hybridized carbons (Fsp3) is 0.222. The van der Waals surface area contributed by atoms with Crippen LogP contribution in [0.3, 0.4) is 0 Å². The molecule has 0 radical (unpaired) electrons. The quantitative estimate of drug-likeness (QED) is 0.797. The highest BCUT2D eigenvalue weighted by Gasteiger charge is 1.99. The smallest absolute Gasteiger partial charge is 0.108 e. The second-order valence-electron chi connectivity index (χ2n) is 2.67. The van der Waals surface area contributed by atoms with E-state index in [1.807, 2.05) is 24.3 Å². The van der Waals surface area contributed by atoms with E-state index in [4.69, 9.17) is 0 Å². The van der Waals surface area contributed by atoms with E-state index in [-0.39, 0.29) is 17.0 Å². The summed E-state index contributed by atoms with van der Waals surface area (Å²) in [4.78, 5) is 7.63. The summed E-state index contributed by atoms with van der Waals surface area (Å²) in [5.41, 5.74) is 2.14. The fourth-order valence-electron chi connectivity index (χ4n) is 1.23. The number of hydrogen-bond donors (Lipinski definition) is 2. The first kappa shape index (κ1) is 10.6. The monoisotopic (exact) mass is 258 g/mol. The van der Waals surface area contributed by atoms with E-state index in [1.54, 1.807) is 0 Å². The minimum absolute atomic E-state index is 0. The molecule has 1 heterocycles. The van der Waals surface area contributed by atoms with Crippen molar-refractivity contribution in [3.05, 3.63) is 30.1 Å². The van der Waals surface area contributed by atoms with Gasteiger partial charge in [-0.2, -0.15) is 12.6 Å². The maximum absolute atomic E-state index is 4.40. The summed E-state index contributed by atoms with van der Waals surface area (Å²) in [5, 5.41) is 0. The van der Waals surface area contributed by atoms with Crippen molar-refractivity contribution in [2.75, 3.05) is 5.75 Å². The van der Waals surface area contributed by atoms with Gasteiger partial charge in [0.1, 0.15) is 5.82 Å². The SMILES string of the molecule is Br.SCCc1nc2ccccc2[nH]1. The first-order valence-electron chi connectivity index (χ1n) is 3.94. The zero-order chi connectivity index (χ0) is 8.39. The number of benzene rings is 1. The lowest BCUT2D eigenvalue weighted by molar-refractivity contribution is 1.01. The van der Waals surface area contributed by atoms with Crippen LogP contribution in [0.2, 0.25) is 0 Å². The van der Waals surface area contributed by atoms with E-state index in [1.165, 1.54) is 0 Å². The Kier molecular flexibility index (Phi) is 3.81. The normalized spacial score (nSPS) is 9.92. The van der Waals surface area contributed by atoms with E-state index in [0.29, 0.717) is 0 Å². The van der Waals surface area contributed by atoms with Crippen molar-refractivity contribution < 1.29 is 0 Å². The molecule has 13 heavy (non-hydrogen) atoms. The lowest BCUT2D eigenvalue weighted by atomic mass is 10.3. The number of nitrogens with one attached hydrogen (secondary N) is 1. The van der Waals surface area contributed by atoms with Gasteiger partial charge in [-0.05, 0) is 17.9 Å². The highest BCUT2D eigenvalue weighted by Crippen LogP contribution is 2.10. The summed E-state index contributed by atoms with van der Waals surface area (Å²) in [7, 11) is 0. The Bertz CT molecular complexity index is 353. The molecule has 0 saturated heterocycles. The Morgan fingerprint density at radius 2 is 2.08 bits per heavy atom. The molecule has 0 fully saturated rings. The standard InChI is InChI=1S/C9H10N2S.BrH/c12-6-5-9-10-7-3-1-2-4-8(7)11-9;/h1-4,12H,5-6H2,(H,10,11);1H. The summed E-state index contributed by atoms with van der Waals surface area (Å²) in [6.07, 6.45) is 0.901. The molecule has 1 N–H and O–H groups in total. The number of aromatic nitrogens is 2. The van der Waals surface area contributed by atoms with Gasteiger partial charge in [0.05, 0.1) is 11.0 Å². The molecule has 0 aliphatic carbocycles. The maximum Gasteiger partial charge on any atom is 0.108 e. The number of hydrogen-bond acceptors (Lipinski definition) is 2. The van der Waals surface area contributed by atoms with E-state index in [2.05, 4.69) is 22.6 Å². The zero-order valence-electron chi connectivity index (χ0n) is 7.03. The summed E-state index contributed by atoms with van der Waals surface area (Å²) < 4.78 is 0. The molecule has 0 bridgehead atoms. The van der Waals surface area contributed by atoms with Crippen molar-refractivity contribution in [3.63, 3.8) is 0 Å². The summed E-state index contributed by atoms with van der Waals surface area (Å²) in [5.74, 6) is 1.85. The molecule has 0 atom stereocenters. The minimum atomic E-state index is 0. The van der Waals surface area contributed by atoms with Crippen molar-refractivity contribution in [2.24, 2.45) is 0 Å². The van der Waals surface area contributed by atoms with Gasteiger partial charge in [0.25, 0.3) is 0 Å². The Morgan fingerprint density at radius 3 is 2.77 bits per heavy atom. The van der Waals surface area contributed by atoms with Crippen LogP contribution in [0.4, 0.5) is 0 Å². The molecule has 0 saturated carbocycles. The predicted octanol–water partition coefficient (Wildman–Crippen LogP) is 2.61. The minimum Gasteiger partial charge on any atom is -0.342 e. The van der Waals surface area contributed by atoms with Gasteiger partial charge in [-0.3, -0.25) is 0 Å². The highest BCUT2D eigenvalue weighted by molar-refractivity contribution is 8.93. The van der Waals surface area contributed by atoms with Gasteiger partial charge in [0.2, 0.25) is 0 Å². The molecule has 2 nitrogen and oxygen atoms in total. The number of halogens is 1. The summed E-state index contributed by atoms with van der Waals surface area (Å²) in [6, 6.07) is 8.04. The number of H-pyrrole nitrogens is 1. The number of fused-ring (bicyclic) bond motifs is 1. The number of thiol groups is 1. The number of aryl methyl sites for hydroxylation is 1. The molecule has 0 amide bonds. The zero-order valence-corrected chi connectivity index (χ0v) is 9.63. The third kappa shape index (κ3) is 2.25. The average molecular weight is 259 g/mol. The number of aromatic amines is 1. The Labute approximate surface area is 92.9 Å². The van der Waals surface area contributed by atoms with Gasteiger partial charge < -0.3 is 4.98 Å².